The van der Waals surface area contributed by atoms with Gasteiger partial charge in [-0.1, -0.05) is 0 Å². The first-order valence-corrected chi connectivity index (χ1v) is 10.9. The number of carbonyl (C=O) groups excluding carboxylic acids is 2. The summed E-state index contributed by atoms with van der Waals surface area (Å²) < 4.78 is 11.7. The Balaban J connectivity index is 2.37. The molecule has 1 aromatic carbocycles. The summed E-state index contributed by atoms with van der Waals surface area (Å²) in [7, 11) is 1.54. The number of anilines is 1. The summed E-state index contributed by atoms with van der Waals surface area (Å²) in [6.07, 6.45) is 1.46. The molecule has 2 aromatic rings. The van der Waals surface area contributed by atoms with Gasteiger partial charge in [0.25, 0.3) is 5.91 Å². The minimum absolute atomic E-state index is 0.104. The molecule has 0 saturated heterocycles. The number of ether oxygens (including phenoxy) is 2. The molecule has 0 fully saturated rings. The van der Waals surface area contributed by atoms with Crippen LogP contribution in [0.1, 0.15) is 33.3 Å². The summed E-state index contributed by atoms with van der Waals surface area (Å²) in [6.45, 7) is 5.59. The molecule has 0 aliphatic carbocycles. The molecule has 0 aliphatic rings. The lowest BCUT2D eigenvalue weighted by Crippen LogP contribution is -2.16. The van der Waals surface area contributed by atoms with Crippen LogP contribution >= 0.6 is 43.2 Å². The van der Waals surface area contributed by atoms with E-state index in [0.717, 1.165) is 10.4 Å². The molecule has 0 bridgehead atoms. The number of halogens is 2. The van der Waals surface area contributed by atoms with E-state index in [-0.39, 0.29) is 12.2 Å². The molecule has 2 rings (SSSR count). The van der Waals surface area contributed by atoms with Crippen molar-refractivity contribution in [3.63, 3.8) is 0 Å². The van der Waals surface area contributed by atoms with E-state index >= 15 is 0 Å². The Hall–Kier alpha value is -2.15. The topological polar surface area (TPSA) is 88.4 Å². The first kappa shape index (κ1) is 23.1. The summed E-state index contributed by atoms with van der Waals surface area (Å²) in [6, 6.07) is 5.38. The van der Waals surface area contributed by atoms with Crippen LogP contribution in [-0.4, -0.2) is 25.6 Å². The zero-order chi connectivity index (χ0) is 21.7. The number of hydrogen-bond donors (Lipinski definition) is 1. The van der Waals surface area contributed by atoms with E-state index in [4.69, 9.17) is 9.47 Å². The number of methoxy groups -OCH3 is 1. The number of esters is 1. The van der Waals surface area contributed by atoms with Crippen LogP contribution < -0.4 is 10.1 Å². The molecule has 0 saturated carbocycles. The number of nitrogens with zero attached hydrogens (tertiary/aromatic N) is 1. The molecule has 0 spiro atoms. The number of aryl methyl sites for hydroxylation is 1. The van der Waals surface area contributed by atoms with Gasteiger partial charge in [0.2, 0.25) is 0 Å². The van der Waals surface area contributed by atoms with E-state index in [1.54, 1.807) is 33.1 Å². The summed E-state index contributed by atoms with van der Waals surface area (Å²) in [5.74, 6) is -0.508. The van der Waals surface area contributed by atoms with Crippen LogP contribution in [0.4, 0.5) is 5.00 Å². The zero-order valence-electron chi connectivity index (χ0n) is 16.2. The third-order valence-electron chi connectivity index (χ3n) is 3.99. The second-order valence-corrected chi connectivity index (χ2v) is 8.78. The van der Waals surface area contributed by atoms with Gasteiger partial charge in [0, 0.05) is 4.88 Å². The predicted molar refractivity (Wildman–Crippen MR) is 120 cm³/mol. The molecular weight excluding hydrogens is 524 g/mol. The zero-order valence-corrected chi connectivity index (χ0v) is 20.2. The Morgan fingerprint density at radius 1 is 1.28 bits per heavy atom. The van der Waals surface area contributed by atoms with Crippen LogP contribution in [0, 0.1) is 25.2 Å². The second kappa shape index (κ2) is 10.1. The quantitative estimate of drug-likeness (QED) is 0.291. The molecule has 1 heterocycles. The van der Waals surface area contributed by atoms with E-state index < -0.39 is 11.9 Å². The largest absolute Gasteiger partial charge is 0.494 e. The maximum absolute atomic E-state index is 12.7. The number of hydrogen-bond acceptors (Lipinski definition) is 6. The van der Waals surface area contributed by atoms with E-state index in [0.29, 0.717) is 30.8 Å². The number of rotatable bonds is 6. The molecule has 29 heavy (non-hydrogen) atoms. The number of amides is 1. The van der Waals surface area contributed by atoms with Gasteiger partial charge in [-0.25, -0.2) is 4.79 Å². The molecule has 9 heteroatoms. The summed E-state index contributed by atoms with van der Waals surface area (Å²) in [5, 5.41) is 12.5. The Kier molecular flexibility index (Phi) is 8.02. The fourth-order valence-corrected chi connectivity index (χ4v) is 5.10. The molecule has 152 valence electrons. The van der Waals surface area contributed by atoms with Crippen LogP contribution in [0.15, 0.2) is 26.7 Å². The monoisotopic (exact) mass is 540 g/mol. The van der Waals surface area contributed by atoms with Crippen molar-refractivity contribution < 1.29 is 19.1 Å². The molecular formula is C20H18Br2N2O4S. The highest BCUT2D eigenvalue weighted by molar-refractivity contribution is 9.11. The van der Waals surface area contributed by atoms with E-state index in [1.807, 2.05) is 13.0 Å². The average molecular weight is 542 g/mol. The second-order valence-electron chi connectivity index (χ2n) is 5.85. The Labute approximate surface area is 189 Å². The lowest BCUT2D eigenvalue weighted by atomic mass is 10.1. The van der Waals surface area contributed by atoms with Crippen LogP contribution in [0.3, 0.4) is 0 Å². The minimum atomic E-state index is -0.609. The van der Waals surface area contributed by atoms with Crippen LogP contribution in [0.25, 0.3) is 6.08 Å². The van der Waals surface area contributed by atoms with E-state index in [1.165, 1.54) is 17.4 Å². The van der Waals surface area contributed by atoms with E-state index in [2.05, 4.69) is 37.2 Å². The predicted octanol–water partition coefficient (Wildman–Crippen LogP) is 5.62. The first-order valence-electron chi connectivity index (χ1n) is 8.46. The molecule has 6 nitrogen and oxygen atoms in total. The maximum atomic E-state index is 12.7. The standard InChI is InChI=1S/C20H18Br2N2O4S/c1-5-28-20(26)16-10(2)11(3)29-19(16)24-18(25)13(9-23)6-12-7-14(21)17(27-4)15(22)8-12/h6-8H,5H2,1-4H3,(H,24,25)/b13-6+. The van der Waals surface area contributed by atoms with Crippen molar-refractivity contribution in [3.05, 3.63) is 48.2 Å². The van der Waals surface area contributed by atoms with Gasteiger partial charge >= 0.3 is 5.97 Å². The van der Waals surface area contributed by atoms with Crippen LogP contribution in [0.5, 0.6) is 5.75 Å². The van der Waals surface area contributed by atoms with E-state index in [9.17, 15) is 14.9 Å². The van der Waals surface area contributed by atoms with Gasteiger partial charge in [-0.2, -0.15) is 5.26 Å². The van der Waals surface area contributed by atoms with Gasteiger partial charge in [0.1, 0.15) is 22.4 Å². The molecule has 1 amide bonds. The van der Waals surface area contributed by atoms with Crippen LogP contribution in [-0.2, 0) is 9.53 Å². The lowest BCUT2D eigenvalue weighted by molar-refractivity contribution is -0.112. The van der Waals surface area contributed by atoms with Gasteiger partial charge in [0.15, 0.2) is 0 Å². The molecule has 0 aliphatic heterocycles. The molecule has 0 atom stereocenters. The van der Waals surface area contributed by atoms with Gasteiger partial charge in [-0.3, -0.25) is 4.79 Å². The number of benzene rings is 1. The normalized spacial score (nSPS) is 11.0. The van der Waals surface area contributed by atoms with Crippen molar-refractivity contribution in [1.82, 2.24) is 0 Å². The highest BCUT2D eigenvalue weighted by Gasteiger charge is 2.23. The summed E-state index contributed by atoms with van der Waals surface area (Å²) in [5.41, 5.74) is 1.58. The Morgan fingerprint density at radius 2 is 1.90 bits per heavy atom. The fourth-order valence-electron chi connectivity index (χ4n) is 2.51. The summed E-state index contributed by atoms with van der Waals surface area (Å²) in [4.78, 5) is 25.9. The lowest BCUT2D eigenvalue weighted by Gasteiger charge is -2.08. The van der Waals surface area contributed by atoms with Crippen molar-refractivity contribution in [2.45, 2.75) is 20.8 Å². The van der Waals surface area contributed by atoms with Crippen molar-refractivity contribution >= 4 is 66.2 Å². The average Bonchev–Trinajstić information content (AvgIpc) is 2.93. The molecule has 1 N–H and O–H groups in total. The van der Waals surface area contributed by atoms with Crippen molar-refractivity contribution in [1.29, 1.82) is 5.26 Å². The summed E-state index contributed by atoms with van der Waals surface area (Å²) >= 11 is 8.06. The van der Waals surface area contributed by atoms with Gasteiger partial charge in [0.05, 0.1) is 28.2 Å². The Bertz CT molecular complexity index is 1010. The van der Waals surface area contributed by atoms with Crippen molar-refractivity contribution in [2.24, 2.45) is 0 Å². The molecule has 1 aromatic heterocycles. The van der Waals surface area contributed by atoms with Crippen molar-refractivity contribution in [2.75, 3.05) is 19.0 Å². The van der Waals surface area contributed by atoms with Gasteiger partial charge in [-0.05, 0) is 82.0 Å². The highest BCUT2D eigenvalue weighted by atomic mass is 79.9. The van der Waals surface area contributed by atoms with Crippen molar-refractivity contribution in [3.8, 4) is 11.8 Å². The number of thiophene rings is 1. The SMILES string of the molecule is CCOC(=O)c1c(NC(=O)/C(C#N)=C/c2cc(Br)c(OC)c(Br)c2)sc(C)c1C. The smallest absolute Gasteiger partial charge is 0.341 e. The minimum Gasteiger partial charge on any atom is -0.494 e. The Morgan fingerprint density at radius 3 is 2.41 bits per heavy atom. The number of carbonyl (C=O) groups is 2. The first-order chi connectivity index (χ1) is 13.7. The molecule has 0 radical (unpaired) electrons. The third-order valence-corrected chi connectivity index (χ3v) is 6.29. The number of nitriles is 1. The third kappa shape index (κ3) is 5.26. The molecule has 0 unspecified atom stereocenters. The highest BCUT2D eigenvalue weighted by Crippen LogP contribution is 2.36. The fraction of sp³-hybridized carbons (Fsp3) is 0.250. The van der Waals surface area contributed by atoms with Gasteiger partial charge < -0.3 is 14.8 Å². The maximum Gasteiger partial charge on any atom is 0.341 e. The van der Waals surface area contributed by atoms with Gasteiger partial charge in [-0.15, -0.1) is 11.3 Å². The van der Waals surface area contributed by atoms with Crippen LogP contribution in [0.2, 0.25) is 0 Å². The number of nitrogens with one attached hydrogen (secondary N) is 1.